The van der Waals surface area contributed by atoms with Gasteiger partial charge in [0.1, 0.15) is 35.0 Å². The number of nitrogens with one attached hydrogen (secondary N) is 2. The second kappa shape index (κ2) is 6.97. The minimum absolute atomic E-state index is 0.0434. The van der Waals surface area contributed by atoms with E-state index in [1.807, 2.05) is 18.2 Å². The molecule has 1 amide bonds. The van der Waals surface area contributed by atoms with E-state index in [-0.39, 0.29) is 23.8 Å². The molecule has 10 heteroatoms. The van der Waals surface area contributed by atoms with Crippen molar-refractivity contribution < 1.29 is 27.4 Å². The van der Waals surface area contributed by atoms with Crippen molar-refractivity contribution in [2.45, 2.75) is 37.0 Å². The van der Waals surface area contributed by atoms with Crippen LogP contribution in [-0.2, 0) is 17.4 Å². The van der Waals surface area contributed by atoms with Crippen molar-refractivity contribution in [2.24, 2.45) is 0 Å². The molecule has 2 aromatic heterocycles. The van der Waals surface area contributed by atoms with E-state index >= 15 is 0 Å². The Morgan fingerprint density at radius 1 is 1.06 bits per heavy atom. The van der Waals surface area contributed by atoms with Crippen molar-refractivity contribution in [2.75, 3.05) is 5.32 Å². The molecule has 1 aliphatic carbocycles. The number of aromatic amines is 1. The molecule has 176 valence electrons. The molecule has 7 nitrogen and oxygen atoms in total. The number of hydrogen-bond acceptors (Lipinski definition) is 5. The van der Waals surface area contributed by atoms with Crippen LogP contribution in [0.5, 0.6) is 17.2 Å². The minimum Gasteiger partial charge on any atom is -0.489 e. The number of rotatable bonds is 3. The van der Waals surface area contributed by atoms with Crippen LogP contribution >= 0.6 is 0 Å². The smallest absolute Gasteiger partial charge is 0.416 e. The number of amides is 1. The summed E-state index contributed by atoms with van der Waals surface area (Å²) in [6.45, 7) is 0. The number of fused-ring (bicyclic) bond motifs is 5. The van der Waals surface area contributed by atoms with E-state index in [1.165, 1.54) is 6.07 Å². The molecular formula is C25H17F3N4O3. The third kappa shape index (κ3) is 3.23. The van der Waals surface area contributed by atoms with E-state index in [9.17, 15) is 18.0 Å². The number of pyridine rings is 1. The molecule has 4 heterocycles. The molecular weight excluding hydrogens is 461 g/mol. The van der Waals surface area contributed by atoms with Crippen LogP contribution in [0.15, 0.2) is 48.7 Å². The first-order valence-corrected chi connectivity index (χ1v) is 11.2. The van der Waals surface area contributed by atoms with Crippen molar-refractivity contribution in [1.29, 1.82) is 0 Å². The molecule has 1 saturated carbocycles. The van der Waals surface area contributed by atoms with Crippen LogP contribution < -0.4 is 14.8 Å². The Hall–Kier alpha value is -4.08. The first-order chi connectivity index (χ1) is 16.8. The van der Waals surface area contributed by atoms with Gasteiger partial charge in [-0.25, -0.2) is 9.97 Å². The number of carbonyl (C=O) groups is 1. The van der Waals surface area contributed by atoms with Crippen LogP contribution in [-0.4, -0.2) is 27.0 Å². The van der Waals surface area contributed by atoms with Crippen LogP contribution in [0.2, 0.25) is 0 Å². The number of anilines is 1. The molecule has 1 fully saturated rings. The van der Waals surface area contributed by atoms with Crippen molar-refractivity contribution in [3.05, 3.63) is 71.2 Å². The van der Waals surface area contributed by atoms with Gasteiger partial charge in [0, 0.05) is 29.7 Å². The summed E-state index contributed by atoms with van der Waals surface area (Å²) in [6, 6.07) is 10.9. The van der Waals surface area contributed by atoms with Gasteiger partial charge in [-0.15, -0.1) is 0 Å². The lowest BCUT2D eigenvalue weighted by Gasteiger charge is -2.19. The van der Waals surface area contributed by atoms with Crippen molar-refractivity contribution >= 4 is 22.8 Å². The maximum Gasteiger partial charge on any atom is 0.416 e. The van der Waals surface area contributed by atoms with Crippen LogP contribution in [0.4, 0.5) is 19.0 Å². The highest BCUT2D eigenvalue weighted by molar-refractivity contribution is 5.93. The zero-order valence-corrected chi connectivity index (χ0v) is 18.0. The summed E-state index contributed by atoms with van der Waals surface area (Å²) >= 11 is 0. The SMILES string of the molecule is O=C1CCc2c(Oc3ccc4c(c3)C3C(O4)[C@H]3c3nc4ccc(C(F)(F)F)cc4[nH]3)ccnc2N1. The third-order valence-electron chi connectivity index (χ3n) is 6.80. The fraction of sp³-hybridized carbons (Fsp3) is 0.240. The largest absolute Gasteiger partial charge is 0.489 e. The highest BCUT2D eigenvalue weighted by atomic mass is 19.4. The van der Waals surface area contributed by atoms with E-state index in [4.69, 9.17) is 9.47 Å². The first kappa shape index (κ1) is 20.3. The van der Waals surface area contributed by atoms with E-state index < -0.39 is 11.7 Å². The molecule has 2 aliphatic heterocycles. The first-order valence-electron chi connectivity index (χ1n) is 11.2. The van der Waals surface area contributed by atoms with E-state index in [2.05, 4.69) is 20.3 Å². The molecule has 0 radical (unpaired) electrons. The van der Waals surface area contributed by atoms with E-state index in [1.54, 1.807) is 12.3 Å². The van der Waals surface area contributed by atoms with Crippen LogP contribution in [0.25, 0.3) is 11.0 Å². The van der Waals surface area contributed by atoms with Gasteiger partial charge >= 0.3 is 6.18 Å². The lowest BCUT2D eigenvalue weighted by Crippen LogP contribution is -2.20. The molecule has 0 saturated heterocycles. The Morgan fingerprint density at radius 2 is 1.94 bits per heavy atom. The minimum atomic E-state index is -4.41. The van der Waals surface area contributed by atoms with Crippen LogP contribution in [0, 0.1) is 0 Å². The molecule has 2 unspecified atom stereocenters. The second-order valence-corrected chi connectivity index (χ2v) is 8.97. The van der Waals surface area contributed by atoms with Gasteiger partial charge in [0.2, 0.25) is 5.91 Å². The highest BCUT2D eigenvalue weighted by Gasteiger charge is 2.61. The molecule has 2 N–H and O–H groups in total. The quantitative estimate of drug-likeness (QED) is 0.417. The summed E-state index contributed by atoms with van der Waals surface area (Å²) in [4.78, 5) is 23.5. The highest BCUT2D eigenvalue weighted by Crippen LogP contribution is 2.63. The predicted molar refractivity (Wildman–Crippen MR) is 119 cm³/mol. The van der Waals surface area contributed by atoms with E-state index in [0.717, 1.165) is 29.0 Å². The number of aromatic nitrogens is 3. The normalized spacial score (nSPS) is 22.1. The summed E-state index contributed by atoms with van der Waals surface area (Å²) in [6.07, 6.45) is -2.01. The number of ether oxygens (including phenoxy) is 2. The molecule has 3 atom stereocenters. The lowest BCUT2D eigenvalue weighted by atomic mass is 10.1. The third-order valence-corrected chi connectivity index (χ3v) is 6.80. The Kier molecular flexibility index (Phi) is 4.04. The van der Waals surface area contributed by atoms with Gasteiger partial charge in [0.25, 0.3) is 0 Å². The van der Waals surface area contributed by atoms with Crippen LogP contribution in [0.1, 0.15) is 40.8 Å². The number of halogens is 3. The Balaban J connectivity index is 1.16. The Labute approximate surface area is 196 Å². The average molecular weight is 478 g/mol. The maximum absolute atomic E-state index is 13.1. The zero-order valence-electron chi connectivity index (χ0n) is 18.0. The van der Waals surface area contributed by atoms with Crippen LogP contribution in [0.3, 0.4) is 0 Å². The summed E-state index contributed by atoms with van der Waals surface area (Å²) in [5.41, 5.74) is 1.96. The molecule has 4 aromatic rings. The monoisotopic (exact) mass is 478 g/mol. The van der Waals surface area contributed by atoms with E-state index in [0.29, 0.717) is 47.0 Å². The van der Waals surface area contributed by atoms with Gasteiger partial charge in [0.05, 0.1) is 22.5 Å². The Bertz CT molecular complexity index is 1530. The second-order valence-electron chi connectivity index (χ2n) is 8.97. The lowest BCUT2D eigenvalue weighted by molar-refractivity contribution is -0.137. The Morgan fingerprint density at radius 3 is 2.80 bits per heavy atom. The number of imidazole rings is 1. The van der Waals surface area contributed by atoms with Gasteiger partial charge in [-0.05, 0) is 48.9 Å². The number of hydrogen-bond donors (Lipinski definition) is 2. The number of alkyl halides is 3. The molecule has 3 aliphatic rings. The number of benzene rings is 2. The van der Waals surface area contributed by atoms with Crippen molar-refractivity contribution in [3.63, 3.8) is 0 Å². The summed E-state index contributed by atoms with van der Waals surface area (Å²) in [5.74, 6) is 3.07. The van der Waals surface area contributed by atoms with Crippen molar-refractivity contribution in [3.8, 4) is 17.2 Å². The standard InChI is InChI=1S/C25H17F3N4O3/c26-25(27,28)11-1-4-15-16(9-11)31-24(30-15)21-20-14-10-12(2-5-17(14)35-22(20)21)34-18-7-8-29-23-13(18)3-6-19(33)32-23/h1-2,4-5,7-10,20-22H,3,6H2,(H,30,31)(H,29,32,33)/t20?,21-,22?/m0/s1. The average Bonchev–Trinajstić information content (AvgIpc) is 3.18. The topological polar surface area (TPSA) is 89.1 Å². The number of nitrogens with zero attached hydrogens (tertiary/aromatic N) is 2. The van der Waals surface area contributed by atoms with Gasteiger partial charge in [-0.2, -0.15) is 13.2 Å². The summed E-state index contributed by atoms with van der Waals surface area (Å²) in [5, 5.41) is 2.77. The predicted octanol–water partition coefficient (Wildman–Crippen LogP) is 5.30. The van der Waals surface area contributed by atoms with Gasteiger partial charge in [-0.3, -0.25) is 4.79 Å². The zero-order chi connectivity index (χ0) is 23.9. The summed E-state index contributed by atoms with van der Waals surface area (Å²) in [7, 11) is 0. The number of H-pyrrole nitrogens is 1. The molecule has 0 bridgehead atoms. The fourth-order valence-electron chi connectivity index (χ4n) is 5.07. The van der Waals surface area contributed by atoms with Gasteiger partial charge in [-0.1, -0.05) is 0 Å². The van der Waals surface area contributed by atoms with Gasteiger partial charge < -0.3 is 19.8 Å². The van der Waals surface area contributed by atoms with Crippen molar-refractivity contribution in [1.82, 2.24) is 15.0 Å². The summed E-state index contributed by atoms with van der Waals surface area (Å²) < 4.78 is 51.4. The number of carbonyl (C=O) groups excluding carboxylic acids is 1. The fourth-order valence-corrected chi connectivity index (χ4v) is 5.07. The molecule has 35 heavy (non-hydrogen) atoms. The molecule has 7 rings (SSSR count). The molecule has 2 aromatic carbocycles. The molecule has 0 spiro atoms. The maximum atomic E-state index is 13.1. The van der Waals surface area contributed by atoms with Gasteiger partial charge in [0.15, 0.2) is 0 Å².